The van der Waals surface area contributed by atoms with Crippen LogP contribution in [-0.2, 0) is 21.4 Å². The van der Waals surface area contributed by atoms with Crippen molar-refractivity contribution in [2.24, 2.45) is 0 Å². The van der Waals surface area contributed by atoms with Gasteiger partial charge in [-0.25, -0.2) is 17.8 Å². The summed E-state index contributed by atoms with van der Waals surface area (Å²) in [6.45, 7) is 1.73. The van der Waals surface area contributed by atoms with Gasteiger partial charge in [-0.2, -0.15) is 5.10 Å². The number of rotatable bonds is 9. The Balaban J connectivity index is 1.44. The predicted molar refractivity (Wildman–Crippen MR) is 112 cm³/mol. The van der Waals surface area contributed by atoms with Crippen molar-refractivity contribution in [3.8, 4) is 5.69 Å². The van der Waals surface area contributed by atoms with Gasteiger partial charge in [-0.15, -0.1) is 0 Å². The van der Waals surface area contributed by atoms with Crippen LogP contribution in [0.2, 0.25) is 0 Å². The van der Waals surface area contributed by atoms with Gasteiger partial charge in [0.1, 0.15) is 0 Å². The van der Waals surface area contributed by atoms with Crippen LogP contribution in [0.1, 0.15) is 29.3 Å². The van der Waals surface area contributed by atoms with Crippen LogP contribution in [0, 0.1) is 0 Å². The third-order valence-electron chi connectivity index (χ3n) is 4.41. The number of sulfonamides is 1. The first-order valence-corrected chi connectivity index (χ1v) is 10.8. The molecule has 2 aromatic carbocycles. The molecule has 9 heteroatoms. The monoisotopic (exact) mass is 426 g/mol. The third-order valence-corrected chi connectivity index (χ3v) is 5.89. The Morgan fingerprint density at radius 2 is 1.73 bits per heavy atom. The maximum Gasteiger partial charge on any atom is 0.240 e. The Labute approximate surface area is 175 Å². The van der Waals surface area contributed by atoms with E-state index in [9.17, 15) is 18.0 Å². The van der Waals surface area contributed by atoms with E-state index in [1.807, 2.05) is 36.5 Å². The molecule has 0 bridgehead atoms. The molecule has 1 heterocycles. The molecule has 0 saturated heterocycles. The molecule has 0 fully saturated rings. The Morgan fingerprint density at radius 1 is 1.03 bits per heavy atom. The van der Waals surface area contributed by atoms with Crippen LogP contribution in [-0.4, -0.2) is 36.4 Å². The topological polar surface area (TPSA) is 110 Å². The molecule has 0 aliphatic heterocycles. The van der Waals surface area contributed by atoms with Crippen molar-refractivity contribution in [1.82, 2.24) is 19.8 Å². The van der Waals surface area contributed by atoms with Gasteiger partial charge in [0.25, 0.3) is 0 Å². The summed E-state index contributed by atoms with van der Waals surface area (Å²) in [5, 5.41) is 6.92. The highest BCUT2D eigenvalue weighted by molar-refractivity contribution is 7.89. The second-order valence-electron chi connectivity index (χ2n) is 6.62. The zero-order valence-corrected chi connectivity index (χ0v) is 17.2. The van der Waals surface area contributed by atoms with E-state index in [-0.39, 0.29) is 29.6 Å². The van der Waals surface area contributed by atoms with Crippen LogP contribution >= 0.6 is 0 Å². The maximum atomic E-state index is 12.3. The fourth-order valence-corrected chi connectivity index (χ4v) is 3.76. The Hall–Kier alpha value is -3.30. The van der Waals surface area contributed by atoms with Gasteiger partial charge < -0.3 is 5.32 Å². The van der Waals surface area contributed by atoms with Crippen molar-refractivity contribution in [3.63, 3.8) is 0 Å². The standard InChI is InChI=1S/C21H22N4O4S/c1-16(26)18-5-9-20(10-6-18)30(28,29)24-13-11-21(27)22-15-17-3-7-19(8-4-17)25-14-2-12-23-25/h2-10,12,14,24H,11,13,15H2,1H3,(H,22,27). The molecule has 0 spiro atoms. The minimum atomic E-state index is -3.74. The summed E-state index contributed by atoms with van der Waals surface area (Å²) in [6.07, 6.45) is 3.55. The molecular formula is C21H22N4O4S. The molecule has 156 valence electrons. The van der Waals surface area contributed by atoms with Gasteiger partial charge in [0.05, 0.1) is 10.6 Å². The summed E-state index contributed by atoms with van der Waals surface area (Å²) in [5.74, 6) is -0.402. The van der Waals surface area contributed by atoms with E-state index in [2.05, 4.69) is 15.1 Å². The second-order valence-corrected chi connectivity index (χ2v) is 8.39. The number of carbonyl (C=O) groups excluding carboxylic acids is 2. The average Bonchev–Trinajstić information content (AvgIpc) is 3.27. The van der Waals surface area contributed by atoms with E-state index in [1.165, 1.54) is 31.2 Å². The molecule has 0 radical (unpaired) electrons. The zero-order chi connectivity index (χ0) is 21.6. The zero-order valence-electron chi connectivity index (χ0n) is 16.4. The summed E-state index contributed by atoms with van der Waals surface area (Å²) in [5.41, 5.74) is 2.28. The normalized spacial score (nSPS) is 11.2. The molecule has 1 aromatic heterocycles. The highest BCUT2D eigenvalue weighted by Gasteiger charge is 2.14. The first-order chi connectivity index (χ1) is 14.3. The number of carbonyl (C=O) groups is 2. The minimum absolute atomic E-state index is 0.0100. The lowest BCUT2D eigenvalue weighted by molar-refractivity contribution is -0.121. The lowest BCUT2D eigenvalue weighted by atomic mass is 10.2. The predicted octanol–water partition coefficient (Wildman–Crippen LogP) is 2.06. The number of ketones is 1. The average molecular weight is 426 g/mol. The van der Waals surface area contributed by atoms with Crippen molar-refractivity contribution in [3.05, 3.63) is 78.1 Å². The summed E-state index contributed by atoms with van der Waals surface area (Å²) < 4.78 is 28.7. The molecule has 1 amide bonds. The largest absolute Gasteiger partial charge is 0.352 e. The van der Waals surface area contributed by atoms with Gasteiger partial charge in [-0.05, 0) is 42.8 Å². The smallest absolute Gasteiger partial charge is 0.240 e. The molecule has 8 nitrogen and oxygen atoms in total. The molecule has 0 saturated carbocycles. The number of nitrogens with one attached hydrogen (secondary N) is 2. The number of hydrogen-bond donors (Lipinski definition) is 2. The number of nitrogens with zero attached hydrogens (tertiary/aromatic N) is 2. The van der Waals surface area contributed by atoms with Crippen molar-refractivity contribution < 1.29 is 18.0 Å². The highest BCUT2D eigenvalue weighted by atomic mass is 32.2. The van der Waals surface area contributed by atoms with E-state index in [1.54, 1.807) is 10.9 Å². The van der Waals surface area contributed by atoms with Crippen LogP contribution in [0.15, 0.2) is 71.9 Å². The van der Waals surface area contributed by atoms with E-state index < -0.39 is 10.0 Å². The van der Waals surface area contributed by atoms with Gasteiger partial charge in [-0.3, -0.25) is 9.59 Å². The number of benzene rings is 2. The summed E-state index contributed by atoms with van der Waals surface area (Å²) in [4.78, 5) is 23.3. The fourth-order valence-electron chi connectivity index (χ4n) is 2.73. The number of Topliss-reactive ketones (excluding diaryl/α,β-unsaturated/α-hetero) is 1. The lowest BCUT2D eigenvalue weighted by Crippen LogP contribution is -2.30. The molecule has 0 aliphatic rings. The number of hydrogen-bond acceptors (Lipinski definition) is 5. The highest BCUT2D eigenvalue weighted by Crippen LogP contribution is 2.11. The molecule has 2 N–H and O–H groups in total. The Morgan fingerprint density at radius 3 is 2.33 bits per heavy atom. The van der Waals surface area contributed by atoms with Gasteiger partial charge in [-0.1, -0.05) is 24.3 Å². The molecule has 0 unspecified atom stereocenters. The first kappa shape index (κ1) is 21.4. The number of amides is 1. The fraction of sp³-hybridized carbons (Fsp3) is 0.190. The van der Waals surface area contributed by atoms with Crippen LogP contribution in [0.25, 0.3) is 5.69 Å². The second kappa shape index (κ2) is 9.47. The third kappa shape index (κ3) is 5.62. The van der Waals surface area contributed by atoms with Crippen LogP contribution in [0.5, 0.6) is 0 Å². The quantitative estimate of drug-likeness (QED) is 0.509. The molecule has 30 heavy (non-hydrogen) atoms. The summed E-state index contributed by atoms with van der Waals surface area (Å²) in [6, 6.07) is 15.1. The Kier molecular flexibility index (Phi) is 6.76. The van der Waals surface area contributed by atoms with E-state index in [0.29, 0.717) is 12.1 Å². The van der Waals surface area contributed by atoms with Gasteiger partial charge in [0, 0.05) is 37.5 Å². The molecule has 0 aliphatic carbocycles. The molecule has 3 rings (SSSR count). The lowest BCUT2D eigenvalue weighted by Gasteiger charge is -2.09. The molecule has 0 atom stereocenters. The van der Waals surface area contributed by atoms with Gasteiger partial charge in [0.15, 0.2) is 5.78 Å². The van der Waals surface area contributed by atoms with Crippen molar-refractivity contribution in [2.45, 2.75) is 24.8 Å². The Bertz CT molecular complexity index is 1110. The molecular weight excluding hydrogens is 404 g/mol. The van der Waals surface area contributed by atoms with E-state index in [4.69, 9.17) is 0 Å². The molecule has 3 aromatic rings. The van der Waals surface area contributed by atoms with Crippen molar-refractivity contribution >= 4 is 21.7 Å². The van der Waals surface area contributed by atoms with Crippen LogP contribution in [0.4, 0.5) is 0 Å². The number of aromatic nitrogens is 2. The first-order valence-electron chi connectivity index (χ1n) is 9.31. The van der Waals surface area contributed by atoms with E-state index in [0.717, 1.165) is 11.3 Å². The van der Waals surface area contributed by atoms with Crippen LogP contribution < -0.4 is 10.0 Å². The van der Waals surface area contributed by atoms with E-state index >= 15 is 0 Å². The van der Waals surface area contributed by atoms with Crippen molar-refractivity contribution in [1.29, 1.82) is 0 Å². The maximum absolute atomic E-state index is 12.3. The SMILES string of the molecule is CC(=O)c1ccc(S(=O)(=O)NCCC(=O)NCc2ccc(-n3cccn3)cc2)cc1. The van der Waals surface area contributed by atoms with Crippen LogP contribution in [0.3, 0.4) is 0 Å². The van der Waals surface area contributed by atoms with Gasteiger partial charge >= 0.3 is 0 Å². The van der Waals surface area contributed by atoms with Crippen molar-refractivity contribution in [2.75, 3.05) is 6.54 Å². The van der Waals surface area contributed by atoms with Gasteiger partial charge in [0.2, 0.25) is 15.9 Å². The summed E-state index contributed by atoms with van der Waals surface area (Å²) in [7, 11) is -3.74. The minimum Gasteiger partial charge on any atom is -0.352 e. The summed E-state index contributed by atoms with van der Waals surface area (Å²) >= 11 is 0.